The van der Waals surface area contributed by atoms with Crippen molar-refractivity contribution in [3.05, 3.63) is 65.2 Å². The first-order chi connectivity index (χ1) is 12.6. The number of carbonyl (C=O) groups is 2. The molecule has 0 bridgehead atoms. The molecule has 136 valence electrons. The molecular weight excluding hydrogens is 337 g/mol. The lowest BCUT2D eigenvalue weighted by Gasteiger charge is -2.11. The van der Waals surface area contributed by atoms with Gasteiger partial charge in [-0.2, -0.15) is 0 Å². The van der Waals surface area contributed by atoms with Gasteiger partial charge in [0.1, 0.15) is 17.2 Å². The first-order valence-electron chi connectivity index (χ1n) is 8.52. The zero-order valence-electron chi connectivity index (χ0n) is 14.2. The summed E-state index contributed by atoms with van der Waals surface area (Å²) in [6, 6.07) is 10.8. The molecule has 0 saturated carbocycles. The van der Waals surface area contributed by atoms with E-state index in [-0.39, 0.29) is 35.8 Å². The second-order valence-electron chi connectivity index (χ2n) is 6.03. The van der Waals surface area contributed by atoms with Gasteiger partial charge in [0.15, 0.2) is 0 Å². The second-order valence-corrected chi connectivity index (χ2v) is 6.03. The first kappa shape index (κ1) is 18.0. The van der Waals surface area contributed by atoms with Crippen molar-refractivity contribution in [1.82, 2.24) is 15.6 Å². The molecule has 1 aromatic heterocycles. The lowest BCUT2D eigenvalue weighted by atomic mass is 10.2. The Labute approximate surface area is 150 Å². The molecule has 1 saturated heterocycles. The molecule has 1 atom stereocenters. The maximum Gasteiger partial charge on any atom is 0.270 e. The van der Waals surface area contributed by atoms with E-state index in [9.17, 15) is 14.0 Å². The van der Waals surface area contributed by atoms with Crippen LogP contribution in [0, 0.1) is 5.82 Å². The van der Waals surface area contributed by atoms with Crippen LogP contribution in [0.2, 0.25) is 0 Å². The highest BCUT2D eigenvalue weighted by Gasteiger charge is 2.18. The molecule has 1 aliphatic rings. The van der Waals surface area contributed by atoms with Gasteiger partial charge in [0.2, 0.25) is 0 Å². The number of benzene rings is 1. The van der Waals surface area contributed by atoms with Crippen LogP contribution in [-0.4, -0.2) is 36.1 Å². The number of amides is 2. The third kappa shape index (κ3) is 4.64. The fourth-order valence-electron chi connectivity index (χ4n) is 2.70. The molecule has 2 amide bonds. The van der Waals surface area contributed by atoms with E-state index in [1.165, 1.54) is 12.1 Å². The van der Waals surface area contributed by atoms with E-state index >= 15 is 0 Å². The maximum absolute atomic E-state index is 13.6. The Hall–Kier alpha value is -2.80. The highest BCUT2D eigenvalue weighted by molar-refractivity contribution is 5.96. The monoisotopic (exact) mass is 357 g/mol. The zero-order valence-corrected chi connectivity index (χ0v) is 14.2. The number of aromatic nitrogens is 1. The molecule has 3 rings (SSSR count). The van der Waals surface area contributed by atoms with Crippen molar-refractivity contribution in [1.29, 1.82) is 0 Å². The van der Waals surface area contributed by atoms with Crippen LogP contribution < -0.4 is 10.6 Å². The van der Waals surface area contributed by atoms with Crippen LogP contribution in [-0.2, 0) is 11.3 Å². The number of halogens is 1. The highest BCUT2D eigenvalue weighted by Crippen LogP contribution is 2.11. The van der Waals surface area contributed by atoms with Gasteiger partial charge in [-0.1, -0.05) is 24.3 Å². The number of pyridine rings is 1. The van der Waals surface area contributed by atoms with Crippen molar-refractivity contribution in [2.45, 2.75) is 25.5 Å². The fraction of sp³-hybridized carbons (Fsp3) is 0.316. The van der Waals surface area contributed by atoms with Crippen molar-refractivity contribution < 1.29 is 18.7 Å². The topological polar surface area (TPSA) is 80.3 Å². The summed E-state index contributed by atoms with van der Waals surface area (Å²) in [6.07, 6.45) is 1.95. The molecule has 1 aromatic carbocycles. The Balaban J connectivity index is 1.58. The van der Waals surface area contributed by atoms with Gasteiger partial charge in [0.25, 0.3) is 11.8 Å². The van der Waals surface area contributed by atoms with Crippen LogP contribution >= 0.6 is 0 Å². The van der Waals surface area contributed by atoms with Crippen LogP contribution in [0.15, 0.2) is 42.5 Å². The Kier molecular flexibility index (Phi) is 5.91. The minimum atomic E-state index is -0.470. The first-order valence-corrected chi connectivity index (χ1v) is 8.52. The molecule has 2 heterocycles. The number of hydrogen-bond acceptors (Lipinski definition) is 4. The van der Waals surface area contributed by atoms with Crippen molar-refractivity contribution in [2.24, 2.45) is 0 Å². The van der Waals surface area contributed by atoms with Gasteiger partial charge in [0, 0.05) is 25.3 Å². The van der Waals surface area contributed by atoms with E-state index in [0.717, 1.165) is 19.4 Å². The minimum absolute atomic E-state index is 0.0335. The molecule has 2 N–H and O–H groups in total. The number of nitrogens with one attached hydrogen (secondary N) is 2. The van der Waals surface area contributed by atoms with Crippen molar-refractivity contribution in [2.75, 3.05) is 13.2 Å². The lowest BCUT2D eigenvalue weighted by Crippen LogP contribution is -2.33. The van der Waals surface area contributed by atoms with Gasteiger partial charge in [-0.3, -0.25) is 9.59 Å². The van der Waals surface area contributed by atoms with Crippen LogP contribution in [0.3, 0.4) is 0 Å². The molecule has 1 unspecified atom stereocenters. The lowest BCUT2D eigenvalue weighted by molar-refractivity contribution is 0.0853. The van der Waals surface area contributed by atoms with E-state index in [0.29, 0.717) is 12.1 Å². The minimum Gasteiger partial charge on any atom is -0.376 e. The molecule has 2 aromatic rings. The molecular formula is C19H20FN3O3. The molecule has 1 fully saturated rings. The zero-order chi connectivity index (χ0) is 18.4. The Bertz CT molecular complexity index is 791. The molecule has 1 aliphatic heterocycles. The summed E-state index contributed by atoms with van der Waals surface area (Å²) in [6.45, 7) is 1.18. The third-order valence-electron chi connectivity index (χ3n) is 4.13. The van der Waals surface area contributed by atoms with Crippen molar-refractivity contribution >= 4 is 11.8 Å². The normalized spacial score (nSPS) is 16.3. The number of ether oxygens (including phenoxy) is 1. The summed E-state index contributed by atoms with van der Waals surface area (Å²) < 4.78 is 19.1. The van der Waals surface area contributed by atoms with Gasteiger partial charge < -0.3 is 15.4 Å². The summed E-state index contributed by atoms with van der Waals surface area (Å²) in [5.74, 6) is -1.21. The summed E-state index contributed by atoms with van der Waals surface area (Å²) in [4.78, 5) is 28.5. The van der Waals surface area contributed by atoms with Crippen LogP contribution in [0.5, 0.6) is 0 Å². The molecule has 0 radical (unpaired) electrons. The van der Waals surface area contributed by atoms with Crippen molar-refractivity contribution in [3.8, 4) is 0 Å². The summed E-state index contributed by atoms with van der Waals surface area (Å²) in [5, 5.41) is 5.37. The van der Waals surface area contributed by atoms with Crippen LogP contribution in [0.1, 0.15) is 39.4 Å². The predicted molar refractivity (Wildman–Crippen MR) is 93.1 cm³/mol. The van der Waals surface area contributed by atoms with Gasteiger partial charge in [-0.25, -0.2) is 9.37 Å². The number of hydrogen-bond donors (Lipinski definition) is 2. The Morgan fingerprint density at radius 2 is 1.81 bits per heavy atom. The smallest absolute Gasteiger partial charge is 0.270 e. The second kappa shape index (κ2) is 8.53. The standard InChI is InChI=1S/C19H20FN3O3/c20-15-7-2-1-5-13(15)11-21-18(24)16-8-3-9-17(23-16)19(25)22-12-14-6-4-10-26-14/h1-3,5,7-9,14H,4,6,10-12H2,(H,21,24)(H,22,25). The summed E-state index contributed by atoms with van der Waals surface area (Å²) in [7, 11) is 0. The third-order valence-corrected chi connectivity index (χ3v) is 4.13. The van der Waals surface area contributed by atoms with Crippen LogP contribution in [0.25, 0.3) is 0 Å². The molecule has 0 spiro atoms. The summed E-state index contributed by atoms with van der Waals surface area (Å²) in [5.41, 5.74) is 0.638. The number of nitrogens with zero attached hydrogens (tertiary/aromatic N) is 1. The molecule has 6 nitrogen and oxygen atoms in total. The van der Waals surface area contributed by atoms with Gasteiger partial charge >= 0.3 is 0 Å². The van der Waals surface area contributed by atoms with E-state index < -0.39 is 5.91 Å². The maximum atomic E-state index is 13.6. The van der Waals surface area contributed by atoms with Crippen molar-refractivity contribution in [3.63, 3.8) is 0 Å². The highest BCUT2D eigenvalue weighted by atomic mass is 19.1. The van der Waals surface area contributed by atoms with E-state index in [4.69, 9.17) is 4.74 Å². The Morgan fingerprint density at radius 3 is 2.50 bits per heavy atom. The SMILES string of the molecule is O=C(NCc1ccccc1F)c1cccc(C(=O)NCC2CCCO2)n1. The number of carbonyl (C=O) groups excluding carboxylic acids is 2. The number of rotatable bonds is 6. The van der Waals surface area contributed by atoms with E-state index in [1.807, 2.05) is 0 Å². The largest absolute Gasteiger partial charge is 0.376 e. The van der Waals surface area contributed by atoms with Gasteiger partial charge in [0.05, 0.1) is 6.10 Å². The summed E-state index contributed by atoms with van der Waals surface area (Å²) >= 11 is 0. The molecule has 7 heteroatoms. The quantitative estimate of drug-likeness (QED) is 0.829. The fourth-order valence-corrected chi connectivity index (χ4v) is 2.70. The molecule has 0 aliphatic carbocycles. The average Bonchev–Trinajstić information content (AvgIpc) is 3.19. The van der Waals surface area contributed by atoms with E-state index in [2.05, 4.69) is 15.6 Å². The van der Waals surface area contributed by atoms with Gasteiger partial charge in [-0.15, -0.1) is 0 Å². The predicted octanol–water partition coefficient (Wildman–Crippen LogP) is 2.06. The van der Waals surface area contributed by atoms with Crippen LogP contribution in [0.4, 0.5) is 4.39 Å². The van der Waals surface area contributed by atoms with Gasteiger partial charge in [-0.05, 0) is 31.0 Å². The average molecular weight is 357 g/mol. The molecule has 26 heavy (non-hydrogen) atoms. The van der Waals surface area contributed by atoms with E-state index in [1.54, 1.807) is 30.3 Å². The Morgan fingerprint density at radius 1 is 1.08 bits per heavy atom.